The summed E-state index contributed by atoms with van der Waals surface area (Å²) in [7, 11) is -21.3. The SMILES string of the molecule is O=CC(O)C(O)C(=O)S(=O)(=O)[O-].O=CC(O)C(O)C(=O)S(=O)(=O)[O-].O=CC(O)C(O)C(=O)S(=O)(=O)[O-].O=CC(O)C(O)C(=O)S(=O)(=O)[O-].[Sn+4]. The van der Waals surface area contributed by atoms with Crippen molar-refractivity contribution in [2.75, 3.05) is 0 Å². The van der Waals surface area contributed by atoms with Crippen LogP contribution in [0.5, 0.6) is 0 Å². The molecule has 49 heavy (non-hydrogen) atoms. The smallest absolute Gasteiger partial charge is 0.742 e. The molecular formula is C16H20O28S4Sn. The molecule has 0 aliphatic carbocycles. The van der Waals surface area contributed by atoms with Gasteiger partial charge >= 0.3 is 23.9 Å². The van der Waals surface area contributed by atoms with Crippen molar-refractivity contribution in [1.29, 1.82) is 0 Å². The summed E-state index contributed by atoms with van der Waals surface area (Å²) >= 11 is 0. The van der Waals surface area contributed by atoms with Crippen molar-refractivity contribution in [3.05, 3.63) is 0 Å². The summed E-state index contributed by atoms with van der Waals surface area (Å²) in [6, 6.07) is 0. The molecule has 8 atom stereocenters. The number of hydrogen-bond donors (Lipinski definition) is 8. The van der Waals surface area contributed by atoms with Gasteiger partial charge in [0, 0.05) is 0 Å². The molecule has 0 aliphatic rings. The fraction of sp³-hybridized carbons (Fsp3) is 0.500. The van der Waals surface area contributed by atoms with E-state index in [-0.39, 0.29) is 49.1 Å². The molecule has 0 rings (SSSR count). The third-order valence-corrected chi connectivity index (χ3v) is 6.74. The monoisotopic (exact) mass is 908 g/mol. The zero-order valence-corrected chi connectivity index (χ0v) is 28.9. The van der Waals surface area contributed by atoms with E-state index in [4.69, 9.17) is 40.9 Å². The van der Waals surface area contributed by atoms with Gasteiger partial charge in [-0.3, -0.25) is 19.2 Å². The molecule has 28 nitrogen and oxygen atoms in total. The Bertz CT molecular complexity index is 1360. The molecule has 0 radical (unpaired) electrons. The van der Waals surface area contributed by atoms with Crippen molar-refractivity contribution in [1.82, 2.24) is 0 Å². The van der Waals surface area contributed by atoms with Gasteiger partial charge in [-0.25, -0.2) is 33.7 Å². The number of carbonyl (C=O) groups excluding carboxylic acids is 8. The summed E-state index contributed by atoms with van der Waals surface area (Å²) in [5, 5.41) is 59.2. The molecule has 8 N–H and O–H groups in total. The number of aliphatic hydroxyl groups is 8. The predicted molar refractivity (Wildman–Crippen MR) is 137 cm³/mol. The maximum absolute atomic E-state index is 10.3. The Morgan fingerprint density at radius 1 is 0.367 bits per heavy atom. The quantitative estimate of drug-likeness (QED) is 0.0512. The topological polar surface area (TPSA) is 527 Å². The molecule has 8 unspecified atom stereocenters. The molecular weight excluding hydrogens is 887 g/mol. The summed E-state index contributed by atoms with van der Waals surface area (Å²) in [6.07, 6.45) is -19.8. The normalized spacial score (nSPS) is 16.2. The molecule has 33 heteroatoms. The van der Waals surface area contributed by atoms with Gasteiger partial charge < -0.3 is 78.2 Å². The second kappa shape index (κ2) is 23.8. The van der Waals surface area contributed by atoms with E-state index in [1.54, 1.807) is 0 Å². The van der Waals surface area contributed by atoms with Gasteiger partial charge in [0.1, 0.15) is 24.4 Å². The van der Waals surface area contributed by atoms with Gasteiger partial charge in [-0.15, -0.1) is 0 Å². The van der Waals surface area contributed by atoms with Crippen LogP contribution in [0.2, 0.25) is 0 Å². The molecule has 0 aliphatic heterocycles. The zero-order valence-electron chi connectivity index (χ0n) is 22.8. The number of hydrogen-bond acceptors (Lipinski definition) is 28. The molecule has 0 aromatic carbocycles. The number of carbonyl (C=O) groups is 8. The number of aldehydes is 4. The third kappa shape index (κ3) is 22.7. The first-order valence-electron chi connectivity index (χ1n) is 10.5. The molecule has 280 valence electrons. The maximum Gasteiger partial charge on any atom is 4.00 e. The molecule has 0 amide bonds. The summed E-state index contributed by atoms with van der Waals surface area (Å²) in [4.78, 5) is 80.1. The van der Waals surface area contributed by atoms with Crippen molar-refractivity contribution < 1.29 is 131 Å². The van der Waals surface area contributed by atoms with Crippen LogP contribution in [0.3, 0.4) is 0 Å². The Labute approximate surface area is 288 Å². The van der Waals surface area contributed by atoms with E-state index in [2.05, 4.69) is 0 Å². The van der Waals surface area contributed by atoms with Crippen LogP contribution < -0.4 is 0 Å². The first-order valence-corrected chi connectivity index (χ1v) is 16.1. The largest absolute Gasteiger partial charge is 4.00 e. The summed E-state index contributed by atoms with van der Waals surface area (Å²) < 4.78 is 119. The van der Waals surface area contributed by atoms with Crippen molar-refractivity contribution in [3.8, 4) is 0 Å². The zero-order chi connectivity index (χ0) is 39.8. The van der Waals surface area contributed by atoms with Gasteiger partial charge in [0.05, 0.1) is 0 Å². The molecule has 0 saturated carbocycles. The predicted octanol–water partition coefficient (Wildman–Crippen LogP) is -12.5. The molecule has 0 fully saturated rings. The van der Waals surface area contributed by atoms with Crippen LogP contribution >= 0.6 is 0 Å². The fourth-order valence-electron chi connectivity index (χ4n) is 1.45. The average molecular weight is 907 g/mol. The standard InChI is InChI=1S/4C4H6O7S.Sn/c4*5-1-2(6)3(7)4(8)12(9,10)11;/h4*1-3,6-7H,(H,9,10,11);/q;;;;+4/p-4. The summed E-state index contributed by atoms with van der Waals surface area (Å²) in [6.45, 7) is 0. The molecule has 0 aromatic heterocycles. The van der Waals surface area contributed by atoms with E-state index in [9.17, 15) is 90.2 Å². The van der Waals surface area contributed by atoms with Gasteiger partial charge in [0.15, 0.2) is 90.0 Å². The van der Waals surface area contributed by atoms with Crippen LogP contribution in [0.1, 0.15) is 0 Å². The van der Waals surface area contributed by atoms with Crippen molar-refractivity contribution in [3.63, 3.8) is 0 Å². The van der Waals surface area contributed by atoms with Gasteiger partial charge in [0.25, 0.3) is 20.5 Å². The van der Waals surface area contributed by atoms with E-state index in [0.717, 1.165) is 0 Å². The van der Waals surface area contributed by atoms with Gasteiger partial charge in [-0.05, 0) is 0 Å². The van der Waals surface area contributed by atoms with Gasteiger partial charge in [-0.2, -0.15) is 0 Å². The van der Waals surface area contributed by atoms with Crippen LogP contribution in [-0.4, -0.2) is 211 Å². The first kappa shape index (κ1) is 55.9. The van der Waals surface area contributed by atoms with Crippen LogP contribution in [0.4, 0.5) is 0 Å². The van der Waals surface area contributed by atoms with Crippen LogP contribution in [-0.2, 0) is 78.8 Å². The number of rotatable bonds is 12. The van der Waals surface area contributed by atoms with Gasteiger partial charge in [0.2, 0.25) is 0 Å². The Balaban J connectivity index is -0.000000174. The first-order chi connectivity index (χ1) is 21.2. The minimum Gasteiger partial charge on any atom is -0.742 e. The van der Waals surface area contributed by atoms with Gasteiger partial charge in [-0.1, -0.05) is 0 Å². The maximum atomic E-state index is 10.3. The molecule has 0 heterocycles. The van der Waals surface area contributed by atoms with E-state index in [1.165, 1.54) is 0 Å². The molecule has 0 spiro atoms. The molecule has 0 bridgehead atoms. The Kier molecular flexibility index (Phi) is 27.1. The van der Waals surface area contributed by atoms with Crippen molar-refractivity contribution in [2.24, 2.45) is 0 Å². The Hall–Kier alpha value is -2.52. The van der Waals surface area contributed by atoms with Crippen molar-refractivity contribution >= 4 is 110 Å². The van der Waals surface area contributed by atoms with Crippen molar-refractivity contribution in [2.45, 2.75) is 48.8 Å². The fourth-order valence-corrected chi connectivity index (χ4v) is 3.19. The molecule has 0 aromatic rings. The van der Waals surface area contributed by atoms with E-state index < -0.39 is 110 Å². The Morgan fingerprint density at radius 2 is 0.469 bits per heavy atom. The number of aliphatic hydroxyl groups excluding tert-OH is 8. The second-order valence-electron chi connectivity index (χ2n) is 7.38. The van der Waals surface area contributed by atoms with Crippen LogP contribution in [0, 0.1) is 0 Å². The second-order valence-corrected chi connectivity index (χ2v) is 12.6. The Morgan fingerprint density at radius 3 is 0.531 bits per heavy atom. The molecule has 0 saturated heterocycles. The van der Waals surface area contributed by atoms with E-state index >= 15 is 0 Å². The minimum atomic E-state index is -5.31. The summed E-state index contributed by atoms with van der Waals surface area (Å²) in [5.74, 6) is 0. The van der Waals surface area contributed by atoms with E-state index in [1.807, 2.05) is 0 Å². The third-order valence-electron chi connectivity index (χ3n) is 3.80. The average Bonchev–Trinajstić information content (AvgIpc) is 2.98. The van der Waals surface area contributed by atoms with Crippen LogP contribution in [0.15, 0.2) is 0 Å². The van der Waals surface area contributed by atoms with E-state index in [0.29, 0.717) is 0 Å². The summed E-state index contributed by atoms with van der Waals surface area (Å²) in [5.41, 5.74) is 0. The minimum absolute atomic E-state index is 0. The van der Waals surface area contributed by atoms with Crippen LogP contribution in [0.25, 0.3) is 0 Å².